The predicted molar refractivity (Wildman–Crippen MR) is 263 cm³/mol. The minimum absolute atomic E-state index is 0. The van der Waals surface area contributed by atoms with Crippen molar-refractivity contribution in [3.63, 3.8) is 0 Å². The van der Waals surface area contributed by atoms with Crippen LogP contribution in [0, 0.1) is 27.7 Å². The van der Waals surface area contributed by atoms with Gasteiger partial charge < -0.3 is 19.8 Å². The Morgan fingerprint density at radius 3 is 1.47 bits per heavy atom. The molecule has 6 aromatic rings. The van der Waals surface area contributed by atoms with Crippen molar-refractivity contribution in [1.82, 2.24) is 24.7 Å². The summed E-state index contributed by atoms with van der Waals surface area (Å²) >= 11 is 3.30. The fourth-order valence-electron chi connectivity index (χ4n) is 6.51. The first kappa shape index (κ1) is 47.5. The van der Waals surface area contributed by atoms with Crippen molar-refractivity contribution in [3.8, 4) is 22.5 Å². The molecular formula is C49H56BrN7O3S2. The summed E-state index contributed by atoms with van der Waals surface area (Å²) in [6, 6.07) is 23.4. The molecule has 0 spiro atoms. The fourth-order valence-corrected chi connectivity index (χ4v) is 8.16. The highest BCUT2D eigenvalue weighted by Gasteiger charge is 2.21. The molecule has 0 atom stereocenters. The molecule has 62 heavy (non-hydrogen) atoms. The average Bonchev–Trinajstić information content (AvgIpc) is 3.92. The van der Waals surface area contributed by atoms with Crippen LogP contribution >= 0.6 is 39.7 Å². The number of benzene rings is 4. The number of hydrogen-bond acceptors (Lipinski definition) is 8. The highest BCUT2D eigenvalue weighted by Crippen LogP contribution is 2.30. The Kier molecular flexibility index (Phi) is 16.9. The van der Waals surface area contributed by atoms with Crippen LogP contribution in [-0.4, -0.2) is 94.6 Å². The summed E-state index contributed by atoms with van der Waals surface area (Å²) < 4.78 is 0. The van der Waals surface area contributed by atoms with Crippen LogP contribution in [-0.2, 0) is 12.8 Å². The van der Waals surface area contributed by atoms with Gasteiger partial charge in [-0.3, -0.25) is 4.79 Å². The van der Waals surface area contributed by atoms with E-state index in [0.29, 0.717) is 0 Å². The SMILES string of the molecule is Br.CCN(C)C=Nc1cc(C)c(Cc2nc(-c3ccc(C(=O)N4CCC4)cc3)cs2)cc1C.CCN(C)C=Nc1cc(C)c(Cc2nc(-c3ccc(C(=O)O)cc3)cs2)cc1C. The van der Waals surface area contributed by atoms with E-state index in [1.807, 2.05) is 66.2 Å². The van der Waals surface area contributed by atoms with Gasteiger partial charge in [-0.1, -0.05) is 36.4 Å². The van der Waals surface area contributed by atoms with Gasteiger partial charge in [0.05, 0.1) is 51.0 Å². The van der Waals surface area contributed by atoms with Crippen molar-refractivity contribution in [3.05, 3.63) is 138 Å². The number of likely N-dealkylation sites (tertiary alicyclic amines) is 1. The van der Waals surface area contributed by atoms with Crippen LogP contribution in [0.2, 0.25) is 0 Å². The Morgan fingerprint density at radius 2 is 1.10 bits per heavy atom. The largest absolute Gasteiger partial charge is 0.478 e. The molecule has 1 aliphatic heterocycles. The van der Waals surface area contributed by atoms with E-state index in [-0.39, 0.29) is 28.5 Å². The van der Waals surface area contributed by atoms with Gasteiger partial charge in [0.1, 0.15) is 0 Å². The second kappa shape index (κ2) is 22.0. The Labute approximate surface area is 384 Å². The molecule has 2 aromatic heterocycles. The molecule has 7 rings (SSSR count). The Bertz CT molecular complexity index is 2530. The first-order valence-electron chi connectivity index (χ1n) is 20.6. The Hall–Kier alpha value is -5.50. The summed E-state index contributed by atoms with van der Waals surface area (Å²) in [5, 5.41) is 15.3. The maximum absolute atomic E-state index is 12.4. The lowest BCUT2D eigenvalue weighted by Crippen LogP contribution is -2.41. The normalized spacial score (nSPS) is 12.2. The minimum atomic E-state index is -0.921. The number of carbonyl (C=O) groups is 2. The molecule has 1 aliphatic rings. The smallest absolute Gasteiger partial charge is 0.335 e. The van der Waals surface area contributed by atoms with Gasteiger partial charge >= 0.3 is 5.97 Å². The number of aromatic nitrogens is 2. The summed E-state index contributed by atoms with van der Waals surface area (Å²) in [6.07, 6.45) is 6.43. The molecule has 0 radical (unpaired) electrons. The van der Waals surface area contributed by atoms with Gasteiger partial charge in [-0.05, 0) is 118 Å². The fraction of sp³-hybridized carbons (Fsp3) is 0.306. The molecule has 1 saturated heterocycles. The number of carboxylic acids is 1. The number of carboxylic acid groups (broad SMARTS) is 1. The lowest BCUT2D eigenvalue weighted by atomic mass is 10.0. The van der Waals surface area contributed by atoms with Crippen LogP contribution in [0.1, 0.15) is 84.4 Å². The Balaban J connectivity index is 0.000000232. The van der Waals surface area contributed by atoms with E-state index in [1.54, 1.807) is 46.9 Å². The number of nitrogens with zero attached hydrogens (tertiary/aromatic N) is 7. The van der Waals surface area contributed by atoms with Crippen molar-refractivity contribution < 1.29 is 14.7 Å². The van der Waals surface area contributed by atoms with Crippen molar-refractivity contribution in [1.29, 1.82) is 0 Å². The lowest BCUT2D eigenvalue weighted by Gasteiger charge is -2.30. The maximum Gasteiger partial charge on any atom is 0.335 e. The summed E-state index contributed by atoms with van der Waals surface area (Å²) in [7, 11) is 4.03. The molecule has 0 unspecified atom stereocenters. The van der Waals surface area contributed by atoms with Gasteiger partial charge in [-0.15, -0.1) is 39.7 Å². The number of amides is 1. The first-order chi connectivity index (χ1) is 29.3. The first-order valence-corrected chi connectivity index (χ1v) is 22.4. The number of halogens is 1. The molecule has 1 N–H and O–H groups in total. The van der Waals surface area contributed by atoms with Crippen LogP contribution in [0.4, 0.5) is 11.4 Å². The van der Waals surface area contributed by atoms with Crippen LogP contribution < -0.4 is 0 Å². The number of carbonyl (C=O) groups excluding carboxylic acids is 1. The topological polar surface area (TPSA) is 115 Å². The summed E-state index contributed by atoms with van der Waals surface area (Å²) in [5.41, 5.74) is 14.1. The quantitative estimate of drug-likeness (QED) is 0.0854. The third-order valence-corrected chi connectivity index (χ3v) is 12.6. The van der Waals surface area contributed by atoms with E-state index in [2.05, 4.69) is 86.1 Å². The molecule has 13 heteroatoms. The van der Waals surface area contributed by atoms with Gasteiger partial charge in [0.2, 0.25) is 0 Å². The van der Waals surface area contributed by atoms with E-state index in [1.165, 1.54) is 27.8 Å². The minimum Gasteiger partial charge on any atom is -0.478 e. The zero-order valence-corrected chi connectivity index (χ0v) is 40.2. The molecule has 0 bridgehead atoms. The van der Waals surface area contributed by atoms with Crippen LogP contribution in [0.5, 0.6) is 0 Å². The van der Waals surface area contributed by atoms with Gasteiger partial charge in [-0.2, -0.15) is 0 Å². The van der Waals surface area contributed by atoms with Crippen LogP contribution in [0.3, 0.4) is 0 Å². The standard InChI is InChI=1S/C26H30N4OS.C23H25N3O2S.BrH/c1-5-29(4)17-27-23-14-18(2)22(13-19(23)3)15-25-28-24(16-32-25)20-7-9-21(10-8-20)26(31)30-11-6-12-30;1-5-26(4)14-24-20-11-15(2)19(10-16(20)3)12-22-25-21(13-29-22)17-6-8-18(9-7-17)23(27)28;/h7-10,13-14,16-17H,5-6,11-12,15H2,1-4H3;6-11,13-14H,5,12H2,1-4H3,(H,27,28);1H. The van der Waals surface area contributed by atoms with Crippen molar-refractivity contribution >= 4 is 75.6 Å². The molecule has 1 fully saturated rings. The number of aliphatic imine (C=N–C) groups is 2. The Morgan fingerprint density at radius 1 is 0.677 bits per heavy atom. The zero-order chi connectivity index (χ0) is 43.6. The van der Waals surface area contributed by atoms with E-state index in [0.717, 1.165) is 100 Å². The maximum atomic E-state index is 12.4. The third kappa shape index (κ3) is 12.3. The molecule has 324 valence electrons. The molecule has 3 heterocycles. The van der Waals surface area contributed by atoms with Crippen LogP contribution in [0.15, 0.2) is 93.5 Å². The lowest BCUT2D eigenvalue weighted by molar-refractivity contribution is 0.0650. The third-order valence-electron chi connectivity index (χ3n) is 10.9. The number of aryl methyl sites for hydroxylation is 4. The molecule has 10 nitrogen and oxygen atoms in total. The van der Waals surface area contributed by atoms with Crippen molar-refractivity contribution in [2.75, 3.05) is 40.3 Å². The molecule has 4 aromatic carbocycles. The van der Waals surface area contributed by atoms with E-state index < -0.39 is 5.97 Å². The van der Waals surface area contributed by atoms with Gasteiger partial charge in [0.15, 0.2) is 0 Å². The summed E-state index contributed by atoms with van der Waals surface area (Å²) in [6.45, 7) is 16.2. The number of hydrogen-bond donors (Lipinski definition) is 1. The summed E-state index contributed by atoms with van der Waals surface area (Å²) in [4.78, 5) is 48.2. The van der Waals surface area contributed by atoms with Gasteiger partial charge in [0, 0.05) is 80.6 Å². The number of aromatic carboxylic acids is 1. The van der Waals surface area contributed by atoms with E-state index in [9.17, 15) is 9.59 Å². The van der Waals surface area contributed by atoms with Crippen LogP contribution in [0.25, 0.3) is 22.5 Å². The van der Waals surface area contributed by atoms with Gasteiger partial charge in [-0.25, -0.2) is 24.7 Å². The molecular weight excluding hydrogens is 879 g/mol. The van der Waals surface area contributed by atoms with Gasteiger partial charge in [0.25, 0.3) is 5.91 Å². The summed E-state index contributed by atoms with van der Waals surface area (Å²) in [5.74, 6) is -0.794. The number of thiazole rings is 2. The average molecular weight is 935 g/mol. The predicted octanol–water partition coefficient (Wildman–Crippen LogP) is 11.4. The number of rotatable bonds is 14. The molecule has 0 aliphatic carbocycles. The highest BCUT2D eigenvalue weighted by atomic mass is 79.9. The van der Waals surface area contributed by atoms with Crippen molar-refractivity contribution in [2.45, 2.75) is 60.8 Å². The second-order valence-corrected chi connectivity index (χ2v) is 17.4. The van der Waals surface area contributed by atoms with E-state index in [4.69, 9.17) is 15.1 Å². The molecule has 0 saturated carbocycles. The van der Waals surface area contributed by atoms with E-state index >= 15 is 0 Å². The van der Waals surface area contributed by atoms with Crippen molar-refractivity contribution in [2.24, 2.45) is 9.98 Å². The molecule has 1 amide bonds. The zero-order valence-electron chi connectivity index (χ0n) is 36.8. The highest BCUT2D eigenvalue weighted by molar-refractivity contribution is 8.93. The monoisotopic (exact) mass is 933 g/mol. The second-order valence-electron chi connectivity index (χ2n) is 15.5.